The number of fused-ring (bicyclic) bond motifs is 2. The highest BCUT2D eigenvalue weighted by Crippen LogP contribution is 2.33. The van der Waals surface area contributed by atoms with Crippen LogP contribution >= 0.6 is 0 Å². The monoisotopic (exact) mass is 414 g/mol. The molecule has 0 radical (unpaired) electrons. The number of carbonyl (C=O) groups excluding carboxylic acids is 4. The maximum absolute atomic E-state index is 13.5. The number of hydrogen-bond donors (Lipinski definition) is 2. The van der Waals surface area contributed by atoms with Gasteiger partial charge in [0.2, 0.25) is 17.7 Å². The van der Waals surface area contributed by atoms with E-state index in [0.29, 0.717) is 19.4 Å². The molecule has 0 unspecified atom stereocenters. The lowest BCUT2D eigenvalue weighted by molar-refractivity contribution is -0.146. The van der Waals surface area contributed by atoms with Crippen LogP contribution in [0.25, 0.3) is 0 Å². The summed E-state index contributed by atoms with van der Waals surface area (Å²) in [5.41, 5.74) is 0. The molecule has 3 aliphatic heterocycles. The minimum absolute atomic E-state index is 0.00906. The van der Waals surface area contributed by atoms with Crippen molar-refractivity contribution in [3.8, 4) is 0 Å². The Bertz CT molecular complexity index is 863. The van der Waals surface area contributed by atoms with Gasteiger partial charge in [0.1, 0.15) is 12.1 Å². The second-order valence-corrected chi connectivity index (χ2v) is 8.75. The van der Waals surface area contributed by atoms with Crippen LogP contribution in [-0.4, -0.2) is 70.7 Å². The summed E-state index contributed by atoms with van der Waals surface area (Å²) >= 11 is 0. The molecule has 4 fully saturated rings. The molecule has 30 heavy (non-hydrogen) atoms. The summed E-state index contributed by atoms with van der Waals surface area (Å²) in [6.45, 7) is 0.742. The second-order valence-electron chi connectivity index (χ2n) is 8.75. The maximum Gasteiger partial charge on any atom is 0.287 e. The Labute approximate surface area is 174 Å². The molecule has 160 valence electrons. The fourth-order valence-electron chi connectivity index (χ4n) is 5.45. The van der Waals surface area contributed by atoms with Crippen LogP contribution in [0.15, 0.2) is 22.8 Å². The first-order chi connectivity index (χ1) is 14.5. The van der Waals surface area contributed by atoms with Crippen LogP contribution < -0.4 is 10.6 Å². The first-order valence-corrected chi connectivity index (χ1v) is 10.8. The zero-order valence-corrected chi connectivity index (χ0v) is 16.7. The Kier molecular flexibility index (Phi) is 4.75. The van der Waals surface area contributed by atoms with Gasteiger partial charge in [0.15, 0.2) is 5.76 Å². The van der Waals surface area contributed by atoms with E-state index >= 15 is 0 Å². The van der Waals surface area contributed by atoms with Crippen molar-refractivity contribution in [1.82, 2.24) is 20.4 Å². The van der Waals surface area contributed by atoms with Crippen LogP contribution in [0.2, 0.25) is 0 Å². The van der Waals surface area contributed by atoms with Gasteiger partial charge < -0.3 is 24.9 Å². The highest BCUT2D eigenvalue weighted by molar-refractivity contribution is 5.97. The predicted molar refractivity (Wildman–Crippen MR) is 104 cm³/mol. The Hall–Kier alpha value is -2.84. The molecule has 4 amide bonds. The Balaban J connectivity index is 1.33. The average molecular weight is 414 g/mol. The minimum atomic E-state index is -0.647. The fraction of sp³-hybridized carbons (Fsp3) is 0.619. The SMILES string of the molecule is O=C(N[C@H]1C[C@@H]2C(=O)N[C@H]3CCN(C(=O)C4CCCC4)[C@@H]3C(=O)N2C1)c1ccco1. The fourth-order valence-corrected chi connectivity index (χ4v) is 5.45. The molecule has 2 N–H and O–H groups in total. The second kappa shape index (κ2) is 7.45. The van der Waals surface area contributed by atoms with Gasteiger partial charge in [-0.3, -0.25) is 19.2 Å². The molecule has 0 bridgehead atoms. The van der Waals surface area contributed by atoms with Gasteiger partial charge >= 0.3 is 0 Å². The van der Waals surface area contributed by atoms with E-state index in [-0.39, 0.29) is 53.9 Å². The van der Waals surface area contributed by atoms with E-state index in [1.165, 1.54) is 6.26 Å². The molecule has 9 nitrogen and oxygen atoms in total. The van der Waals surface area contributed by atoms with Gasteiger partial charge in [-0.25, -0.2) is 0 Å². The van der Waals surface area contributed by atoms with Gasteiger partial charge in [0.25, 0.3) is 5.91 Å². The number of furan rings is 1. The van der Waals surface area contributed by atoms with Crippen molar-refractivity contribution in [1.29, 1.82) is 0 Å². The molecule has 4 atom stereocenters. The molecule has 0 aromatic carbocycles. The van der Waals surface area contributed by atoms with Crippen molar-refractivity contribution in [3.63, 3.8) is 0 Å². The van der Waals surface area contributed by atoms with Crippen molar-refractivity contribution in [2.75, 3.05) is 13.1 Å². The van der Waals surface area contributed by atoms with Crippen molar-refractivity contribution in [2.24, 2.45) is 5.92 Å². The van der Waals surface area contributed by atoms with Gasteiger partial charge in [-0.2, -0.15) is 0 Å². The zero-order valence-electron chi connectivity index (χ0n) is 16.7. The van der Waals surface area contributed by atoms with Crippen LogP contribution in [0.3, 0.4) is 0 Å². The largest absolute Gasteiger partial charge is 0.459 e. The normalized spacial score (nSPS) is 31.3. The lowest BCUT2D eigenvalue weighted by Gasteiger charge is -2.30. The third-order valence-corrected chi connectivity index (χ3v) is 6.93. The minimum Gasteiger partial charge on any atom is -0.459 e. The average Bonchev–Trinajstić information content (AvgIpc) is 3.53. The molecular weight excluding hydrogens is 388 g/mol. The number of likely N-dealkylation sites (tertiary alicyclic amines) is 1. The van der Waals surface area contributed by atoms with Crippen LogP contribution in [0.1, 0.15) is 49.1 Å². The quantitative estimate of drug-likeness (QED) is 0.737. The molecule has 0 spiro atoms. The van der Waals surface area contributed by atoms with E-state index in [4.69, 9.17) is 4.42 Å². The third kappa shape index (κ3) is 3.16. The standard InChI is InChI=1S/C21H26N4O5/c26-18-15-10-13(22-19(27)16-6-3-9-30-16)11-25(15)21(29)17-14(23-18)7-8-24(17)20(28)12-4-1-2-5-12/h3,6,9,12-15,17H,1-2,4-5,7-8,10-11H2,(H,22,27)(H,23,26)/t13-,14-,15+,17-/m0/s1. The molecule has 1 aliphatic carbocycles. The summed E-state index contributed by atoms with van der Waals surface area (Å²) in [4.78, 5) is 54.9. The van der Waals surface area contributed by atoms with Crippen molar-refractivity contribution in [3.05, 3.63) is 24.2 Å². The van der Waals surface area contributed by atoms with Gasteiger partial charge in [-0.1, -0.05) is 12.8 Å². The number of nitrogens with one attached hydrogen (secondary N) is 2. The van der Waals surface area contributed by atoms with E-state index in [1.54, 1.807) is 21.9 Å². The molecule has 1 aromatic rings. The summed E-state index contributed by atoms with van der Waals surface area (Å²) in [5, 5.41) is 5.84. The number of carbonyl (C=O) groups is 4. The predicted octanol–water partition coefficient (Wildman–Crippen LogP) is 0.268. The molecule has 3 saturated heterocycles. The Morgan fingerprint density at radius 3 is 2.70 bits per heavy atom. The molecule has 1 saturated carbocycles. The molecule has 9 heteroatoms. The van der Waals surface area contributed by atoms with Gasteiger partial charge in [0.05, 0.1) is 12.3 Å². The molecule has 4 heterocycles. The molecule has 5 rings (SSSR count). The summed E-state index contributed by atoms with van der Waals surface area (Å²) in [6, 6.07) is 1.23. The highest BCUT2D eigenvalue weighted by atomic mass is 16.3. The summed E-state index contributed by atoms with van der Waals surface area (Å²) in [6.07, 6.45) is 6.22. The molecule has 1 aromatic heterocycles. The van der Waals surface area contributed by atoms with Crippen LogP contribution in [0.5, 0.6) is 0 Å². The Morgan fingerprint density at radius 1 is 1.17 bits per heavy atom. The summed E-state index contributed by atoms with van der Waals surface area (Å²) in [7, 11) is 0. The maximum atomic E-state index is 13.5. The first kappa shape index (κ1) is 19.1. The lowest BCUT2D eigenvalue weighted by atomic mass is 10.0. The zero-order chi connectivity index (χ0) is 20.8. The summed E-state index contributed by atoms with van der Waals surface area (Å²) in [5.74, 6) is -0.541. The van der Waals surface area contributed by atoms with Gasteiger partial charge in [0, 0.05) is 25.0 Å². The van der Waals surface area contributed by atoms with Crippen molar-refractivity contribution in [2.45, 2.75) is 62.7 Å². The smallest absolute Gasteiger partial charge is 0.287 e. The highest BCUT2D eigenvalue weighted by Gasteiger charge is 2.53. The topological polar surface area (TPSA) is 112 Å². The van der Waals surface area contributed by atoms with Gasteiger partial charge in [-0.15, -0.1) is 0 Å². The van der Waals surface area contributed by atoms with E-state index in [2.05, 4.69) is 10.6 Å². The number of rotatable bonds is 3. The number of nitrogens with zero attached hydrogens (tertiary/aromatic N) is 2. The Morgan fingerprint density at radius 2 is 1.97 bits per heavy atom. The van der Waals surface area contributed by atoms with E-state index < -0.39 is 12.1 Å². The van der Waals surface area contributed by atoms with Crippen LogP contribution in [0.4, 0.5) is 0 Å². The van der Waals surface area contributed by atoms with E-state index in [9.17, 15) is 19.2 Å². The summed E-state index contributed by atoms with van der Waals surface area (Å²) < 4.78 is 5.12. The first-order valence-electron chi connectivity index (χ1n) is 10.8. The third-order valence-electron chi connectivity index (χ3n) is 6.93. The van der Waals surface area contributed by atoms with Crippen LogP contribution in [-0.2, 0) is 14.4 Å². The molecular formula is C21H26N4O5. The number of hydrogen-bond acceptors (Lipinski definition) is 5. The van der Waals surface area contributed by atoms with Crippen molar-refractivity contribution < 1.29 is 23.6 Å². The number of amides is 4. The molecule has 4 aliphatic rings. The van der Waals surface area contributed by atoms with Gasteiger partial charge in [-0.05, 0) is 37.8 Å². The van der Waals surface area contributed by atoms with Crippen LogP contribution in [0, 0.1) is 5.92 Å². The lowest BCUT2D eigenvalue weighted by Crippen LogP contribution is -2.53. The van der Waals surface area contributed by atoms with E-state index in [1.807, 2.05) is 0 Å². The van der Waals surface area contributed by atoms with Crippen molar-refractivity contribution >= 4 is 23.6 Å². The van der Waals surface area contributed by atoms with E-state index in [0.717, 1.165) is 25.7 Å².